The molecule has 0 atom stereocenters. The van der Waals surface area contributed by atoms with Gasteiger partial charge in [0, 0.05) is 60.2 Å². The number of aromatic nitrogens is 2. The second kappa shape index (κ2) is 14.0. The molecule has 0 unspecified atom stereocenters. The zero-order chi connectivity index (χ0) is 27.6. The van der Waals surface area contributed by atoms with E-state index in [2.05, 4.69) is 38.4 Å². The van der Waals surface area contributed by atoms with Crippen LogP contribution in [0.3, 0.4) is 0 Å². The standard InChI is InChI=1S/C29H35N5O4S/c1-20(15-23-16-22(6-8-26(23)35)29(37)30-9-13-38-2)28(36)33-25-7-5-21(24-18-31-32-19-24)17-27(25)39-14-12-34-10-3-4-11-34/h5-8,16-19,35H,1,3-4,9-15H2,2H3,(H,30,37)(H,31,32)(H,33,36). The average molecular weight is 550 g/mol. The van der Waals surface area contributed by atoms with Crippen LogP contribution in [0.4, 0.5) is 5.69 Å². The van der Waals surface area contributed by atoms with Crippen molar-refractivity contribution in [3.8, 4) is 16.9 Å². The van der Waals surface area contributed by atoms with Crippen LogP contribution in [0.2, 0.25) is 0 Å². The van der Waals surface area contributed by atoms with Gasteiger partial charge in [-0.1, -0.05) is 12.6 Å². The minimum Gasteiger partial charge on any atom is -0.508 e. The maximum Gasteiger partial charge on any atom is 0.251 e. The summed E-state index contributed by atoms with van der Waals surface area (Å²) >= 11 is 1.71. The Hall–Kier alpha value is -3.60. The molecule has 2 amide bonds. The van der Waals surface area contributed by atoms with Crippen molar-refractivity contribution in [1.29, 1.82) is 0 Å². The molecule has 1 fully saturated rings. The van der Waals surface area contributed by atoms with Crippen molar-refractivity contribution >= 4 is 29.3 Å². The highest BCUT2D eigenvalue weighted by atomic mass is 32.2. The molecule has 10 heteroatoms. The lowest BCUT2D eigenvalue weighted by molar-refractivity contribution is -0.112. The van der Waals surface area contributed by atoms with Gasteiger partial charge in [-0.3, -0.25) is 14.7 Å². The van der Waals surface area contributed by atoms with Gasteiger partial charge in [-0.25, -0.2) is 0 Å². The number of aromatic hydroxyl groups is 1. The van der Waals surface area contributed by atoms with Gasteiger partial charge in [0.1, 0.15) is 5.75 Å². The summed E-state index contributed by atoms with van der Waals surface area (Å²) in [6.07, 6.45) is 6.21. The lowest BCUT2D eigenvalue weighted by Crippen LogP contribution is -2.27. The number of nitrogens with zero attached hydrogens (tertiary/aromatic N) is 2. The van der Waals surface area contributed by atoms with Gasteiger partial charge in [-0.05, 0) is 67.4 Å². The molecule has 206 valence electrons. The number of methoxy groups -OCH3 is 1. The number of nitrogens with one attached hydrogen (secondary N) is 3. The van der Waals surface area contributed by atoms with Crippen molar-refractivity contribution in [3.05, 3.63) is 72.1 Å². The quantitative estimate of drug-likeness (QED) is 0.144. The monoisotopic (exact) mass is 549 g/mol. The highest BCUT2D eigenvalue weighted by Gasteiger charge is 2.17. The Kier molecular flexibility index (Phi) is 10.2. The van der Waals surface area contributed by atoms with E-state index in [9.17, 15) is 14.7 Å². The highest BCUT2D eigenvalue weighted by Crippen LogP contribution is 2.33. The number of rotatable bonds is 13. The van der Waals surface area contributed by atoms with Crippen molar-refractivity contribution in [3.63, 3.8) is 0 Å². The lowest BCUT2D eigenvalue weighted by atomic mass is 10.0. The molecule has 0 aliphatic carbocycles. The molecule has 2 aromatic carbocycles. The smallest absolute Gasteiger partial charge is 0.251 e. The van der Waals surface area contributed by atoms with E-state index in [0.29, 0.717) is 30.0 Å². The van der Waals surface area contributed by atoms with Crippen LogP contribution in [-0.4, -0.2) is 77.7 Å². The molecule has 0 spiro atoms. The number of likely N-dealkylation sites (tertiary alicyclic amines) is 1. The van der Waals surface area contributed by atoms with Crippen LogP contribution >= 0.6 is 11.8 Å². The third-order valence-corrected chi connectivity index (χ3v) is 7.62. The predicted molar refractivity (Wildman–Crippen MR) is 154 cm³/mol. The Morgan fingerprint density at radius 3 is 2.74 bits per heavy atom. The minimum absolute atomic E-state index is 0.0000128. The first-order chi connectivity index (χ1) is 18.9. The summed E-state index contributed by atoms with van der Waals surface area (Å²) in [7, 11) is 1.56. The summed E-state index contributed by atoms with van der Waals surface area (Å²) in [6, 6.07) is 10.5. The molecule has 2 heterocycles. The van der Waals surface area contributed by atoms with E-state index < -0.39 is 0 Å². The number of phenols is 1. The highest BCUT2D eigenvalue weighted by molar-refractivity contribution is 7.99. The van der Waals surface area contributed by atoms with Gasteiger partial charge < -0.3 is 25.4 Å². The van der Waals surface area contributed by atoms with Crippen LogP contribution in [0, 0.1) is 0 Å². The Balaban J connectivity index is 1.44. The lowest BCUT2D eigenvalue weighted by Gasteiger charge is -2.16. The topological polar surface area (TPSA) is 120 Å². The summed E-state index contributed by atoms with van der Waals surface area (Å²) in [5.74, 6) is 0.282. The van der Waals surface area contributed by atoms with E-state index >= 15 is 0 Å². The average Bonchev–Trinajstić information content (AvgIpc) is 3.66. The molecule has 1 aromatic heterocycles. The fraction of sp³-hybridized carbons (Fsp3) is 0.345. The van der Waals surface area contributed by atoms with Gasteiger partial charge in [-0.15, -0.1) is 11.8 Å². The molecule has 1 saturated heterocycles. The molecule has 0 radical (unpaired) electrons. The number of carbonyl (C=O) groups excluding carboxylic acids is 2. The first-order valence-electron chi connectivity index (χ1n) is 13.0. The number of ether oxygens (including phenoxy) is 1. The predicted octanol–water partition coefficient (Wildman–Crippen LogP) is 4.08. The van der Waals surface area contributed by atoms with Crippen LogP contribution in [0.5, 0.6) is 5.75 Å². The number of aromatic amines is 1. The Labute approximate surface area is 233 Å². The number of hydrogen-bond acceptors (Lipinski definition) is 7. The van der Waals surface area contributed by atoms with Gasteiger partial charge in [-0.2, -0.15) is 5.10 Å². The molecule has 9 nitrogen and oxygen atoms in total. The van der Waals surface area contributed by atoms with Crippen molar-refractivity contribution in [1.82, 2.24) is 20.4 Å². The second-order valence-electron chi connectivity index (χ2n) is 9.42. The number of H-pyrrole nitrogens is 1. The Morgan fingerprint density at radius 2 is 2.00 bits per heavy atom. The summed E-state index contributed by atoms with van der Waals surface area (Å²) in [4.78, 5) is 29.0. The summed E-state index contributed by atoms with van der Waals surface area (Å²) in [6.45, 7) is 8.01. The van der Waals surface area contributed by atoms with Crippen molar-refractivity contribution in [2.24, 2.45) is 0 Å². The summed E-state index contributed by atoms with van der Waals surface area (Å²) in [5.41, 5.74) is 3.79. The maximum atomic E-state index is 13.2. The third-order valence-electron chi connectivity index (χ3n) is 6.58. The number of carbonyl (C=O) groups is 2. The number of hydrogen-bond donors (Lipinski definition) is 4. The molecular formula is C29H35N5O4S. The van der Waals surface area contributed by atoms with Gasteiger partial charge >= 0.3 is 0 Å². The molecule has 4 N–H and O–H groups in total. The normalized spacial score (nSPS) is 13.4. The zero-order valence-electron chi connectivity index (χ0n) is 22.2. The van der Waals surface area contributed by atoms with Crippen LogP contribution in [-0.2, 0) is 16.0 Å². The van der Waals surface area contributed by atoms with Gasteiger partial charge in [0.15, 0.2) is 0 Å². The molecular weight excluding hydrogens is 514 g/mol. The first kappa shape index (κ1) is 28.4. The minimum atomic E-state index is -0.346. The number of phenolic OH excluding ortho intramolecular Hbond substituents is 1. The van der Waals surface area contributed by atoms with E-state index in [4.69, 9.17) is 4.74 Å². The fourth-order valence-electron chi connectivity index (χ4n) is 4.38. The number of thioether (sulfide) groups is 1. The van der Waals surface area contributed by atoms with Crippen LogP contribution < -0.4 is 10.6 Å². The van der Waals surface area contributed by atoms with Crippen molar-refractivity contribution in [2.75, 3.05) is 51.0 Å². The summed E-state index contributed by atoms with van der Waals surface area (Å²) < 4.78 is 4.96. The number of anilines is 1. The second-order valence-corrected chi connectivity index (χ2v) is 10.6. The molecule has 1 aliphatic heterocycles. The molecule has 4 rings (SSSR count). The maximum absolute atomic E-state index is 13.2. The van der Waals surface area contributed by atoms with E-state index in [1.165, 1.54) is 25.0 Å². The first-order valence-corrected chi connectivity index (χ1v) is 14.0. The van der Waals surface area contributed by atoms with Crippen LogP contribution in [0.15, 0.2) is 65.8 Å². The van der Waals surface area contributed by atoms with E-state index in [-0.39, 0.29) is 29.6 Å². The van der Waals surface area contributed by atoms with E-state index in [1.54, 1.807) is 31.1 Å². The molecule has 39 heavy (non-hydrogen) atoms. The third kappa shape index (κ3) is 7.95. The number of amides is 2. The Bertz CT molecular complexity index is 1290. The largest absolute Gasteiger partial charge is 0.508 e. The van der Waals surface area contributed by atoms with E-state index in [1.807, 2.05) is 18.3 Å². The van der Waals surface area contributed by atoms with Gasteiger partial charge in [0.2, 0.25) is 0 Å². The van der Waals surface area contributed by atoms with E-state index in [0.717, 1.165) is 41.4 Å². The van der Waals surface area contributed by atoms with Gasteiger partial charge in [0.25, 0.3) is 11.8 Å². The fourth-order valence-corrected chi connectivity index (χ4v) is 5.44. The summed E-state index contributed by atoms with van der Waals surface area (Å²) in [5, 5.41) is 23.0. The molecule has 1 aliphatic rings. The Morgan fingerprint density at radius 1 is 1.18 bits per heavy atom. The number of benzene rings is 2. The molecule has 0 saturated carbocycles. The molecule has 0 bridgehead atoms. The van der Waals surface area contributed by atoms with Gasteiger partial charge in [0.05, 0.1) is 18.5 Å². The van der Waals surface area contributed by atoms with Crippen molar-refractivity contribution in [2.45, 2.75) is 24.2 Å². The SMILES string of the molecule is C=C(Cc1cc(C(=O)NCCOC)ccc1O)C(=O)Nc1ccc(-c2cn[nH]c2)cc1SCCN1CCCC1. The van der Waals surface area contributed by atoms with Crippen molar-refractivity contribution < 1.29 is 19.4 Å². The molecule has 3 aromatic rings. The van der Waals surface area contributed by atoms with Crippen LogP contribution in [0.1, 0.15) is 28.8 Å². The van der Waals surface area contributed by atoms with Crippen LogP contribution in [0.25, 0.3) is 11.1 Å². The zero-order valence-corrected chi connectivity index (χ0v) is 23.0.